The number of aromatic nitrogens is 1. The lowest BCUT2D eigenvalue weighted by Crippen LogP contribution is -2.35. The average Bonchev–Trinajstić information content (AvgIpc) is 2.40. The van der Waals surface area contributed by atoms with Crippen molar-refractivity contribution >= 4 is 23.2 Å². The zero-order chi connectivity index (χ0) is 15.5. The Hall–Kier alpha value is -1.29. The number of rotatable bonds is 4. The first kappa shape index (κ1) is 16.1. The molecule has 0 aliphatic rings. The Morgan fingerprint density at radius 1 is 1.14 bits per heavy atom. The molecule has 0 atom stereocenters. The summed E-state index contributed by atoms with van der Waals surface area (Å²) in [7, 11) is 0. The van der Waals surface area contributed by atoms with E-state index in [0.717, 1.165) is 12.1 Å². The molecule has 0 aliphatic carbocycles. The fourth-order valence-electron chi connectivity index (χ4n) is 1.65. The molecule has 1 N–H and O–H groups in total. The van der Waals surface area contributed by atoms with Gasteiger partial charge in [-0.15, -0.1) is 0 Å². The predicted octanol–water partition coefficient (Wildman–Crippen LogP) is 5.07. The molecule has 112 valence electrons. The Bertz CT molecular complexity index is 624. The SMILES string of the molecule is CC(C)(C)NCc1ccnc(Oc2cc(Cl)ccc2Cl)c1. The number of halogens is 2. The van der Waals surface area contributed by atoms with E-state index in [1.165, 1.54) is 0 Å². The summed E-state index contributed by atoms with van der Waals surface area (Å²) in [6.45, 7) is 7.11. The molecule has 0 saturated carbocycles. The third-order valence-corrected chi connectivity index (χ3v) is 3.28. The van der Waals surface area contributed by atoms with Crippen molar-refractivity contribution < 1.29 is 4.74 Å². The summed E-state index contributed by atoms with van der Waals surface area (Å²) in [6, 6.07) is 8.92. The highest BCUT2D eigenvalue weighted by Crippen LogP contribution is 2.31. The minimum atomic E-state index is 0.0561. The molecule has 1 aromatic carbocycles. The van der Waals surface area contributed by atoms with Crippen molar-refractivity contribution in [1.29, 1.82) is 0 Å². The van der Waals surface area contributed by atoms with Crippen LogP contribution in [0.25, 0.3) is 0 Å². The van der Waals surface area contributed by atoms with Gasteiger partial charge in [-0.2, -0.15) is 0 Å². The first-order valence-corrected chi connectivity index (χ1v) is 7.42. The first-order valence-electron chi connectivity index (χ1n) is 6.66. The number of benzene rings is 1. The van der Waals surface area contributed by atoms with Crippen LogP contribution in [0.2, 0.25) is 10.0 Å². The molecular weight excluding hydrogens is 307 g/mol. The van der Waals surface area contributed by atoms with Crippen LogP contribution >= 0.6 is 23.2 Å². The zero-order valence-electron chi connectivity index (χ0n) is 12.3. The predicted molar refractivity (Wildman–Crippen MR) is 87.4 cm³/mol. The maximum atomic E-state index is 6.08. The second kappa shape index (κ2) is 6.65. The summed E-state index contributed by atoms with van der Waals surface area (Å²) in [5, 5.41) is 4.49. The summed E-state index contributed by atoms with van der Waals surface area (Å²) in [5.74, 6) is 0.991. The van der Waals surface area contributed by atoms with Gasteiger partial charge in [-0.25, -0.2) is 4.98 Å². The quantitative estimate of drug-likeness (QED) is 0.852. The minimum absolute atomic E-state index is 0.0561. The molecule has 2 aromatic rings. The average molecular weight is 325 g/mol. The number of hydrogen-bond donors (Lipinski definition) is 1. The molecule has 1 heterocycles. The van der Waals surface area contributed by atoms with Crippen LogP contribution < -0.4 is 10.1 Å². The van der Waals surface area contributed by atoms with Crippen molar-refractivity contribution in [1.82, 2.24) is 10.3 Å². The van der Waals surface area contributed by atoms with Gasteiger partial charge in [0.2, 0.25) is 5.88 Å². The molecule has 5 heteroatoms. The van der Waals surface area contributed by atoms with E-state index in [0.29, 0.717) is 21.7 Å². The topological polar surface area (TPSA) is 34.2 Å². The maximum Gasteiger partial charge on any atom is 0.219 e. The van der Waals surface area contributed by atoms with E-state index < -0.39 is 0 Å². The van der Waals surface area contributed by atoms with Gasteiger partial charge in [0.1, 0.15) is 5.75 Å². The number of pyridine rings is 1. The van der Waals surface area contributed by atoms with E-state index in [-0.39, 0.29) is 5.54 Å². The highest BCUT2D eigenvalue weighted by Gasteiger charge is 2.10. The Morgan fingerprint density at radius 2 is 1.90 bits per heavy atom. The lowest BCUT2D eigenvalue weighted by atomic mass is 10.1. The van der Waals surface area contributed by atoms with Crippen molar-refractivity contribution in [3.8, 4) is 11.6 Å². The standard InChI is InChI=1S/C16H18Cl2N2O/c1-16(2,3)20-10-11-6-7-19-15(8-11)21-14-9-12(17)4-5-13(14)18/h4-9,20H,10H2,1-3H3. The molecule has 1 aromatic heterocycles. The lowest BCUT2D eigenvalue weighted by Gasteiger charge is -2.20. The number of hydrogen-bond acceptors (Lipinski definition) is 3. The first-order chi connectivity index (χ1) is 9.83. The van der Waals surface area contributed by atoms with Crippen LogP contribution in [0.1, 0.15) is 26.3 Å². The van der Waals surface area contributed by atoms with Gasteiger partial charge in [0, 0.05) is 35.4 Å². The number of nitrogens with one attached hydrogen (secondary N) is 1. The van der Waals surface area contributed by atoms with E-state index in [1.807, 2.05) is 12.1 Å². The van der Waals surface area contributed by atoms with Gasteiger partial charge >= 0.3 is 0 Å². The molecule has 0 radical (unpaired) electrons. The summed E-state index contributed by atoms with van der Waals surface area (Å²) in [4.78, 5) is 4.20. The number of nitrogens with zero attached hydrogens (tertiary/aromatic N) is 1. The second-order valence-corrected chi connectivity index (χ2v) is 6.63. The van der Waals surface area contributed by atoms with Gasteiger partial charge < -0.3 is 10.1 Å². The number of ether oxygens (including phenoxy) is 1. The van der Waals surface area contributed by atoms with Crippen LogP contribution in [0, 0.1) is 0 Å². The molecule has 2 rings (SSSR count). The molecule has 0 fully saturated rings. The molecule has 0 aliphatic heterocycles. The third-order valence-electron chi connectivity index (χ3n) is 2.73. The molecule has 0 amide bonds. The maximum absolute atomic E-state index is 6.08. The van der Waals surface area contributed by atoms with Crippen LogP contribution in [0.4, 0.5) is 0 Å². The van der Waals surface area contributed by atoms with E-state index in [1.54, 1.807) is 24.4 Å². The van der Waals surface area contributed by atoms with Crippen molar-refractivity contribution in [3.05, 3.63) is 52.1 Å². The molecule has 21 heavy (non-hydrogen) atoms. The zero-order valence-corrected chi connectivity index (χ0v) is 13.8. The highest BCUT2D eigenvalue weighted by molar-refractivity contribution is 6.34. The van der Waals surface area contributed by atoms with Gasteiger partial charge in [-0.05, 0) is 44.5 Å². The van der Waals surface area contributed by atoms with E-state index >= 15 is 0 Å². The molecule has 0 bridgehead atoms. The van der Waals surface area contributed by atoms with E-state index in [9.17, 15) is 0 Å². The van der Waals surface area contributed by atoms with Crippen molar-refractivity contribution in [2.24, 2.45) is 0 Å². The Balaban J connectivity index is 2.12. The van der Waals surface area contributed by atoms with Crippen molar-refractivity contribution in [3.63, 3.8) is 0 Å². The van der Waals surface area contributed by atoms with Gasteiger partial charge in [0.25, 0.3) is 0 Å². The summed E-state index contributed by atoms with van der Waals surface area (Å²) >= 11 is 12.0. The summed E-state index contributed by atoms with van der Waals surface area (Å²) < 4.78 is 5.71. The normalized spacial score (nSPS) is 11.5. The van der Waals surface area contributed by atoms with Gasteiger partial charge in [0.15, 0.2) is 0 Å². The van der Waals surface area contributed by atoms with Gasteiger partial charge in [0.05, 0.1) is 5.02 Å². The molecule has 0 saturated heterocycles. The van der Waals surface area contributed by atoms with Gasteiger partial charge in [-0.3, -0.25) is 0 Å². The molecule has 0 unspecified atom stereocenters. The van der Waals surface area contributed by atoms with Crippen LogP contribution in [0.3, 0.4) is 0 Å². The van der Waals surface area contributed by atoms with Crippen LogP contribution in [-0.2, 0) is 6.54 Å². The second-order valence-electron chi connectivity index (χ2n) is 5.78. The molecule has 0 spiro atoms. The van der Waals surface area contributed by atoms with Crippen LogP contribution in [-0.4, -0.2) is 10.5 Å². The Labute approximate surface area is 135 Å². The molecule has 3 nitrogen and oxygen atoms in total. The van der Waals surface area contributed by atoms with E-state index in [4.69, 9.17) is 27.9 Å². The van der Waals surface area contributed by atoms with Crippen LogP contribution in [0.15, 0.2) is 36.5 Å². The monoisotopic (exact) mass is 324 g/mol. The van der Waals surface area contributed by atoms with Crippen molar-refractivity contribution in [2.75, 3.05) is 0 Å². The van der Waals surface area contributed by atoms with E-state index in [2.05, 4.69) is 31.1 Å². The smallest absolute Gasteiger partial charge is 0.219 e. The van der Waals surface area contributed by atoms with Crippen molar-refractivity contribution in [2.45, 2.75) is 32.9 Å². The summed E-state index contributed by atoms with van der Waals surface area (Å²) in [6.07, 6.45) is 1.72. The summed E-state index contributed by atoms with van der Waals surface area (Å²) in [5.41, 5.74) is 1.15. The Morgan fingerprint density at radius 3 is 2.62 bits per heavy atom. The molecular formula is C16H18Cl2N2O. The fourth-order valence-corrected chi connectivity index (χ4v) is 1.97. The third kappa shape index (κ3) is 5.20. The minimum Gasteiger partial charge on any atom is -0.437 e. The fraction of sp³-hybridized carbons (Fsp3) is 0.312. The highest BCUT2D eigenvalue weighted by atomic mass is 35.5. The largest absolute Gasteiger partial charge is 0.437 e. The Kier molecular flexibility index (Phi) is 5.09. The lowest BCUT2D eigenvalue weighted by molar-refractivity contribution is 0.422. The van der Waals surface area contributed by atoms with Crippen LogP contribution in [0.5, 0.6) is 11.6 Å². The van der Waals surface area contributed by atoms with Gasteiger partial charge in [-0.1, -0.05) is 23.2 Å².